The highest BCUT2D eigenvalue weighted by Crippen LogP contribution is 2.09. The third kappa shape index (κ3) is 11.7. The molecule has 0 saturated heterocycles. The van der Waals surface area contributed by atoms with Gasteiger partial charge in [-0.25, -0.2) is 13.1 Å². The number of carboxylic acids is 1. The van der Waals surface area contributed by atoms with E-state index in [1.807, 2.05) is 6.92 Å². The van der Waals surface area contributed by atoms with Crippen LogP contribution in [0.3, 0.4) is 0 Å². The van der Waals surface area contributed by atoms with Crippen LogP contribution in [0.25, 0.3) is 0 Å². The number of nitrogens with one attached hydrogen (secondary N) is 3. The van der Waals surface area contributed by atoms with Crippen molar-refractivity contribution in [3.05, 3.63) is 65.7 Å². The molecule has 0 bridgehead atoms. The maximum Gasteiger partial charge on any atom is 0.325 e. The van der Waals surface area contributed by atoms with Gasteiger partial charge in [-0.2, -0.15) is 0 Å². The van der Waals surface area contributed by atoms with E-state index in [1.54, 1.807) is 42.5 Å². The molecule has 0 radical (unpaired) electrons. The number of aliphatic carboxylic acids is 1. The van der Waals surface area contributed by atoms with Gasteiger partial charge >= 0.3 is 5.97 Å². The molecule has 2 rings (SSSR count). The first-order valence-electron chi connectivity index (χ1n) is 10.4. The third-order valence-electron chi connectivity index (χ3n) is 4.42. The Hall–Kier alpha value is -3.09. The van der Waals surface area contributed by atoms with Crippen molar-refractivity contribution in [3.63, 3.8) is 0 Å². The summed E-state index contributed by atoms with van der Waals surface area (Å²) in [5.41, 5.74) is 1.63. The molecule has 2 aromatic rings. The van der Waals surface area contributed by atoms with Crippen LogP contribution >= 0.6 is 15.9 Å². The molecule has 0 heterocycles. The number of rotatable bonds is 10. The molecule has 4 N–H and O–H groups in total. The molecule has 12 heteroatoms. The summed E-state index contributed by atoms with van der Waals surface area (Å²) in [4.78, 5) is 45.3. The molecule has 2 amide bonds. The maximum absolute atomic E-state index is 12.5. The molecule has 0 aliphatic carbocycles. The lowest BCUT2D eigenvalue weighted by Gasteiger charge is -2.20. The van der Waals surface area contributed by atoms with Crippen molar-refractivity contribution in [1.29, 1.82) is 0 Å². The van der Waals surface area contributed by atoms with Crippen molar-refractivity contribution in [1.82, 2.24) is 15.4 Å². The molecule has 190 valence electrons. The number of carboxylic acid groups (broad SMARTS) is 1. The van der Waals surface area contributed by atoms with Crippen LogP contribution in [-0.2, 0) is 35.6 Å². The molecule has 0 aromatic heterocycles. The van der Waals surface area contributed by atoms with Crippen LogP contribution in [-0.4, -0.2) is 54.6 Å². The molecule has 2 atom stereocenters. The fourth-order valence-electron chi connectivity index (χ4n) is 2.64. The van der Waals surface area contributed by atoms with Gasteiger partial charge in [0.2, 0.25) is 21.8 Å². The number of hydrogen-bond donors (Lipinski definition) is 4. The lowest BCUT2D eigenvalue weighted by molar-refractivity contribution is -0.141. The quantitative estimate of drug-likeness (QED) is 0.315. The average Bonchev–Trinajstić information content (AvgIpc) is 2.78. The van der Waals surface area contributed by atoms with Gasteiger partial charge in [0.15, 0.2) is 4.69 Å². The fourth-order valence-corrected chi connectivity index (χ4v) is 3.62. The first-order valence-corrected chi connectivity index (χ1v) is 12.7. The van der Waals surface area contributed by atoms with Gasteiger partial charge in [0.05, 0.1) is 11.4 Å². The number of carbonyl (C=O) groups is 4. The van der Waals surface area contributed by atoms with E-state index in [0.717, 1.165) is 11.1 Å². The predicted molar refractivity (Wildman–Crippen MR) is 133 cm³/mol. The molecule has 2 aromatic carbocycles. The Kier molecular flexibility index (Phi) is 12.3. The minimum Gasteiger partial charge on any atom is -0.480 e. The summed E-state index contributed by atoms with van der Waals surface area (Å²) in [5.74, 6) is -2.63. The van der Waals surface area contributed by atoms with Gasteiger partial charge in [-0.3, -0.25) is 19.2 Å². The number of amides is 2. The van der Waals surface area contributed by atoms with Crippen molar-refractivity contribution in [2.45, 2.75) is 44.2 Å². The second kappa shape index (κ2) is 14.3. The van der Waals surface area contributed by atoms with Crippen LogP contribution in [0.2, 0.25) is 0 Å². The molecular weight excluding hydrogens is 542 g/mol. The SMILES string of the molecule is CC(=O)Br.Cc1ccc(S(=O)(=O)NCC(=O)N[C@@H](Cc2ccccc2)C(=O)N[C@@H](C)C(=O)O)cc1. The zero-order chi connectivity index (χ0) is 26.6. The van der Waals surface area contributed by atoms with Gasteiger partial charge in [-0.05, 0) is 47.5 Å². The normalized spacial score (nSPS) is 12.3. The highest BCUT2D eigenvalue weighted by Gasteiger charge is 2.25. The summed E-state index contributed by atoms with van der Waals surface area (Å²) >= 11 is 2.63. The van der Waals surface area contributed by atoms with E-state index in [0.29, 0.717) is 0 Å². The van der Waals surface area contributed by atoms with Gasteiger partial charge in [-0.1, -0.05) is 48.0 Å². The predicted octanol–water partition coefficient (Wildman–Crippen LogP) is 1.52. The molecule has 0 aliphatic rings. The summed E-state index contributed by atoms with van der Waals surface area (Å²) in [6, 6.07) is 12.7. The first kappa shape index (κ1) is 29.9. The highest BCUT2D eigenvalue weighted by molar-refractivity contribution is 9.18. The lowest BCUT2D eigenvalue weighted by Crippen LogP contribution is -2.53. The van der Waals surface area contributed by atoms with E-state index in [1.165, 1.54) is 26.0 Å². The molecule has 0 spiro atoms. The Morgan fingerprint density at radius 2 is 1.51 bits per heavy atom. The van der Waals surface area contributed by atoms with E-state index >= 15 is 0 Å². The number of benzene rings is 2. The Morgan fingerprint density at radius 3 is 2.03 bits per heavy atom. The molecule has 0 fully saturated rings. The zero-order valence-electron chi connectivity index (χ0n) is 19.4. The summed E-state index contributed by atoms with van der Waals surface area (Å²) in [6.45, 7) is 3.99. The second-order valence-corrected chi connectivity index (χ2v) is 10.4. The Bertz CT molecular complexity index is 1120. The maximum atomic E-state index is 12.5. The van der Waals surface area contributed by atoms with Crippen molar-refractivity contribution in [3.8, 4) is 0 Å². The van der Waals surface area contributed by atoms with Gasteiger partial charge in [0, 0.05) is 13.3 Å². The second-order valence-electron chi connectivity index (χ2n) is 7.49. The molecule has 0 unspecified atom stereocenters. The number of sulfonamides is 1. The van der Waals surface area contributed by atoms with E-state index in [2.05, 4.69) is 31.3 Å². The van der Waals surface area contributed by atoms with Crippen LogP contribution in [0.4, 0.5) is 0 Å². The van der Waals surface area contributed by atoms with Gasteiger partial charge in [-0.15, -0.1) is 0 Å². The zero-order valence-corrected chi connectivity index (χ0v) is 21.9. The topological polar surface area (TPSA) is 159 Å². The van der Waals surface area contributed by atoms with E-state index < -0.39 is 46.4 Å². The average molecular weight is 570 g/mol. The summed E-state index contributed by atoms with van der Waals surface area (Å²) in [7, 11) is -3.91. The van der Waals surface area contributed by atoms with Crippen LogP contribution in [0.5, 0.6) is 0 Å². The Balaban J connectivity index is 0.00000142. The van der Waals surface area contributed by atoms with E-state index in [4.69, 9.17) is 5.11 Å². The lowest BCUT2D eigenvalue weighted by atomic mass is 10.0. The van der Waals surface area contributed by atoms with Gasteiger partial charge in [0.25, 0.3) is 0 Å². The molecule has 0 saturated carbocycles. The van der Waals surface area contributed by atoms with Crippen LogP contribution in [0, 0.1) is 6.92 Å². The van der Waals surface area contributed by atoms with Crippen LogP contribution < -0.4 is 15.4 Å². The number of carbonyl (C=O) groups excluding carboxylic acids is 3. The minimum atomic E-state index is -3.91. The first-order chi connectivity index (χ1) is 16.3. The number of hydrogen-bond acceptors (Lipinski definition) is 6. The Labute approximate surface area is 212 Å². The monoisotopic (exact) mass is 569 g/mol. The largest absolute Gasteiger partial charge is 0.480 e. The fraction of sp³-hybridized carbons (Fsp3) is 0.304. The summed E-state index contributed by atoms with van der Waals surface area (Å²) in [6.07, 6.45) is 0.107. The van der Waals surface area contributed by atoms with Crippen molar-refractivity contribution >= 4 is 48.4 Å². The Morgan fingerprint density at radius 1 is 0.971 bits per heavy atom. The summed E-state index contributed by atoms with van der Waals surface area (Å²) in [5, 5.41) is 13.8. The van der Waals surface area contributed by atoms with Gasteiger partial charge in [0.1, 0.15) is 12.1 Å². The van der Waals surface area contributed by atoms with Crippen molar-refractivity contribution in [2.24, 2.45) is 0 Å². The van der Waals surface area contributed by atoms with E-state index in [9.17, 15) is 27.6 Å². The molecular formula is C23H28BrN3O7S. The molecule has 10 nitrogen and oxygen atoms in total. The smallest absolute Gasteiger partial charge is 0.325 e. The minimum absolute atomic E-state index is 0.0137. The molecule has 35 heavy (non-hydrogen) atoms. The molecule has 0 aliphatic heterocycles. The van der Waals surface area contributed by atoms with Crippen molar-refractivity contribution in [2.75, 3.05) is 6.54 Å². The van der Waals surface area contributed by atoms with E-state index in [-0.39, 0.29) is 16.0 Å². The number of aryl methyl sites for hydroxylation is 1. The van der Waals surface area contributed by atoms with Crippen LogP contribution in [0.15, 0.2) is 59.5 Å². The highest BCUT2D eigenvalue weighted by atomic mass is 79.9. The standard InChI is InChI=1S/C21H25N3O6S.C2H3BrO/c1-14-8-10-17(11-9-14)31(29,30)22-13-19(25)24-18(12-16-6-4-3-5-7-16)20(26)23-15(2)21(27)28;1-2(3)4/h3-11,15,18,22H,12-13H2,1-2H3,(H,23,26)(H,24,25)(H,27,28);1H3/t15-,18-;/m0./s1. The van der Waals surface area contributed by atoms with Crippen LogP contribution in [0.1, 0.15) is 25.0 Å². The third-order valence-corrected chi connectivity index (χ3v) is 5.83. The van der Waals surface area contributed by atoms with Crippen molar-refractivity contribution < 1.29 is 32.7 Å². The van der Waals surface area contributed by atoms with Gasteiger partial charge < -0.3 is 15.7 Å². The number of halogens is 1. The summed E-state index contributed by atoms with van der Waals surface area (Å²) < 4.78 is 26.9.